The summed E-state index contributed by atoms with van der Waals surface area (Å²) in [6, 6.07) is 4.71. The van der Waals surface area contributed by atoms with E-state index >= 15 is 0 Å². The van der Waals surface area contributed by atoms with Gasteiger partial charge in [-0.2, -0.15) is 8.42 Å². The van der Waals surface area contributed by atoms with Crippen molar-refractivity contribution in [1.29, 1.82) is 0 Å². The first-order chi connectivity index (χ1) is 9.17. The molecule has 2 rings (SSSR count). The molecule has 20 heavy (non-hydrogen) atoms. The van der Waals surface area contributed by atoms with Gasteiger partial charge in [-0.1, -0.05) is 6.07 Å². The van der Waals surface area contributed by atoms with Crippen molar-refractivity contribution in [3.8, 4) is 0 Å². The van der Waals surface area contributed by atoms with Gasteiger partial charge in [0.05, 0.1) is 11.2 Å². The van der Waals surface area contributed by atoms with E-state index in [0.29, 0.717) is 25.1 Å². The van der Waals surface area contributed by atoms with Crippen molar-refractivity contribution in [2.75, 3.05) is 25.6 Å². The van der Waals surface area contributed by atoms with E-state index in [4.69, 9.17) is 4.18 Å². The van der Waals surface area contributed by atoms with Crippen molar-refractivity contribution < 1.29 is 21.0 Å². The Morgan fingerprint density at radius 2 is 1.90 bits per heavy atom. The van der Waals surface area contributed by atoms with Crippen LogP contribution >= 0.6 is 0 Å². The second-order valence-electron chi connectivity index (χ2n) is 4.88. The van der Waals surface area contributed by atoms with Gasteiger partial charge in [-0.05, 0) is 36.2 Å². The van der Waals surface area contributed by atoms with Crippen molar-refractivity contribution in [3.63, 3.8) is 0 Å². The summed E-state index contributed by atoms with van der Waals surface area (Å²) in [6.45, 7) is 1.02. The fraction of sp³-hybridized carbons (Fsp3) is 0.500. The van der Waals surface area contributed by atoms with E-state index in [1.165, 1.54) is 6.07 Å². The molecule has 0 amide bonds. The number of sulfone groups is 1. The predicted molar refractivity (Wildman–Crippen MR) is 74.8 cm³/mol. The van der Waals surface area contributed by atoms with E-state index in [2.05, 4.69) is 5.32 Å². The zero-order valence-corrected chi connectivity index (χ0v) is 12.9. The average Bonchev–Trinajstić information content (AvgIpc) is 2.48. The molecule has 8 heteroatoms. The molecule has 1 aliphatic rings. The van der Waals surface area contributed by atoms with Gasteiger partial charge < -0.3 is 5.32 Å². The lowest BCUT2D eigenvalue weighted by atomic mass is 10.0. The first kappa shape index (κ1) is 15.4. The third kappa shape index (κ3) is 3.78. The highest BCUT2D eigenvalue weighted by molar-refractivity contribution is 7.90. The average molecular weight is 319 g/mol. The fourth-order valence-corrected chi connectivity index (χ4v) is 3.47. The van der Waals surface area contributed by atoms with Gasteiger partial charge in [0.1, 0.15) is 6.10 Å². The maximum atomic E-state index is 11.6. The van der Waals surface area contributed by atoms with Crippen LogP contribution in [0.4, 0.5) is 0 Å². The molecule has 1 aliphatic heterocycles. The Labute approximate surface area is 119 Å². The van der Waals surface area contributed by atoms with Crippen LogP contribution in [-0.4, -0.2) is 42.4 Å². The molecule has 0 spiro atoms. The Morgan fingerprint density at radius 1 is 1.20 bits per heavy atom. The lowest BCUT2D eigenvalue weighted by molar-refractivity contribution is 0.214. The third-order valence-electron chi connectivity index (χ3n) is 3.08. The second-order valence-corrected chi connectivity index (χ2v) is 8.49. The monoisotopic (exact) mass is 319 g/mol. The van der Waals surface area contributed by atoms with Crippen LogP contribution in [0.1, 0.15) is 17.2 Å². The van der Waals surface area contributed by atoms with E-state index in [-0.39, 0.29) is 4.90 Å². The van der Waals surface area contributed by atoms with Gasteiger partial charge in [0, 0.05) is 12.8 Å². The Balaban J connectivity index is 2.46. The standard InChI is InChI=1S/C12H17NO5S2/c1-19(14,15)10-3-4-11-9(7-10)5-6-13-8-12(11)18-20(2,16)17/h3-4,7,12-13H,5-6,8H2,1-2H3. The zero-order valence-electron chi connectivity index (χ0n) is 11.3. The summed E-state index contributed by atoms with van der Waals surface area (Å²) < 4.78 is 50.8. The van der Waals surface area contributed by atoms with Crippen LogP contribution < -0.4 is 5.32 Å². The molecule has 0 saturated heterocycles. The Morgan fingerprint density at radius 3 is 2.50 bits per heavy atom. The number of hydrogen-bond acceptors (Lipinski definition) is 6. The summed E-state index contributed by atoms with van der Waals surface area (Å²) in [5.41, 5.74) is 1.51. The van der Waals surface area contributed by atoms with Crippen LogP contribution in [0.25, 0.3) is 0 Å². The summed E-state index contributed by atoms with van der Waals surface area (Å²) in [4.78, 5) is 0.233. The second kappa shape index (κ2) is 5.44. The largest absolute Gasteiger partial charge is 0.313 e. The highest BCUT2D eigenvalue weighted by atomic mass is 32.2. The molecule has 1 N–H and O–H groups in total. The molecule has 0 aliphatic carbocycles. The minimum Gasteiger partial charge on any atom is -0.313 e. The highest BCUT2D eigenvalue weighted by Gasteiger charge is 2.24. The van der Waals surface area contributed by atoms with Crippen LogP contribution in [0, 0.1) is 0 Å². The summed E-state index contributed by atoms with van der Waals surface area (Å²) in [6.07, 6.45) is 2.15. The first-order valence-corrected chi connectivity index (χ1v) is 9.79. The fourth-order valence-electron chi connectivity index (χ4n) is 2.21. The van der Waals surface area contributed by atoms with Gasteiger partial charge in [-0.15, -0.1) is 0 Å². The molecule has 0 fully saturated rings. The van der Waals surface area contributed by atoms with Gasteiger partial charge >= 0.3 is 0 Å². The molecule has 1 heterocycles. The molecule has 1 aromatic carbocycles. The van der Waals surface area contributed by atoms with Gasteiger partial charge in [0.15, 0.2) is 9.84 Å². The highest BCUT2D eigenvalue weighted by Crippen LogP contribution is 2.27. The first-order valence-electron chi connectivity index (χ1n) is 6.09. The summed E-state index contributed by atoms with van der Waals surface area (Å²) in [7, 11) is -6.86. The summed E-state index contributed by atoms with van der Waals surface area (Å²) >= 11 is 0. The molecule has 1 aromatic rings. The van der Waals surface area contributed by atoms with E-state index < -0.39 is 26.1 Å². The Bertz CT molecular complexity index is 709. The predicted octanol–water partition coefficient (Wildman–Crippen LogP) is 0.253. The van der Waals surface area contributed by atoms with Gasteiger partial charge in [-0.25, -0.2) is 8.42 Å². The molecular weight excluding hydrogens is 302 g/mol. The quantitative estimate of drug-likeness (QED) is 0.804. The zero-order chi connectivity index (χ0) is 15.0. The van der Waals surface area contributed by atoms with Crippen LogP contribution in [0.15, 0.2) is 23.1 Å². The third-order valence-corrected chi connectivity index (χ3v) is 4.77. The molecule has 0 aromatic heterocycles. The molecule has 1 atom stereocenters. The van der Waals surface area contributed by atoms with Crippen molar-refractivity contribution in [2.45, 2.75) is 17.4 Å². The molecule has 1 unspecified atom stereocenters. The molecule has 112 valence electrons. The van der Waals surface area contributed by atoms with E-state index in [9.17, 15) is 16.8 Å². The van der Waals surface area contributed by atoms with Crippen LogP contribution in [0.5, 0.6) is 0 Å². The number of hydrogen-bond donors (Lipinski definition) is 1. The van der Waals surface area contributed by atoms with E-state index in [0.717, 1.165) is 18.1 Å². The maximum Gasteiger partial charge on any atom is 0.265 e. The summed E-state index contributed by atoms with van der Waals surface area (Å²) in [5.74, 6) is 0. The minimum atomic E-state index is -3.58. The molecule has 0 saturated carbocycles. The van der Waals surface area contributed by atoms with Gasteiger partial charge in [0.25, 0.3) is 10.1 Å². The van der Waals surface area contributed by atoms with Crippen molar-refractivity contribution in [2.24, 2.45) is 0 Å². The van der Waals surface area contributed by atoms with Crippen molar-refractivity contribution >= 4 is 20.0 Å². The Kier molecular flexibility index (Phi) is 4.19. The molecule has 0 radical (unpaired) electrons. The van der Waals surface area contributed by atoms with Crippen molar-refractivity contribution in [1.82, 2.24) is 5.32 Å². The van der Waals surface area contributed by atoms with E-state index in [1.807, 2.05) is 0 Å². The normalized spacial score (nSPS) is 20.2. The molecule has 6 nitrogen and oxygen atoms in total. The minimum absolute atomic E-state index is 0.233. The number of rotatable bonds is 3. The molecule has 0 bridgehead atoms. The number of benzene rings is 1. The van der Waals surface area contributed by atoms with Crippen LogP contribution in [0.2, 0.25) is 0 Å². The maximum absolute atomic E-state index is 11.6. The smallest absolute Gasteiger partial charge is 0.265 e. The topological polar surface area (TPSA) is 89.5 Å². The lowest BCUT2D eigenvalue weighted by Gasteiger charge is -2.17. The van der Waals surface area contributed by atoms with Gasteiger partial charge in [-0.3, -0.25) is 4.18 Å². The molecular formula is C12H17NO5S2. The van der Waals surface area contributed by atoms with E-state index in [1.54, 1.807) is 12.1 Å². The number of nitrogens with one attached hydrogen (secondary N) is 1. The van der Waals surface area contributed by atoms with Crippen LogP contribution in [-0.2, 0) is 30.6 Å². The van der Waals surface area contributed by atoms with Crippen molar-refractivity contribution in [3.05, 3.63) is 29.3 Å². The van der Waals surface area contributed by atoms with Gasteiger partial charge in [0.2, 0.25) is 0 Å². The lowest BCUT2D eigenvalue weighted by Crippen LogP contribution is -2.23. The SMILES string of the molecule is CS(=O)(=O)OC1CNCCc2cc(S(C)(=O)=O)ccc21. The Hall–Kier alpha value is -0.960. The summed E-state index contributed by atoms with van der Waals surface area (Å²) in [5, 5.41) is 3.09. The van der Waals surface area contributed by atoms with Crippen LogP contribution in [0.3, 0.4) is 0 Å². The number of fused-ring (bicyclic) bond motifs is 1.